The summed E-state index contributed by atoms with van der Waals surface area (Å²) < 4.78 is 13.8. The highest BCUT2D eigenvalue weighted by Gasteiger charge is 2.38. The molecule has 4 nitrogen and oxygen atoms in total. The van der Waals surface area contributed by atoms with Gasteiger partial charge in [0.2, 0.25) is 0 Å². The molecule has 9 heavy (non-hydrogen) atoms. The van der Waals surface area contributed by atoms with Crippen LogP contribution in [0.5, 0.6) is 0 Å². The van der Waals surface area contributed by atoms with E-state index in [1.807, 2.05) is 0 Å². The Balaban J connectivity index is 3.62. The second kappa shape index (κ2) is 4.21. The summed E-state index contributed by atoms with van der Waals surface area (Å²) in [5.74, 6) is 0. The van der Waals surface area contributed by atoms with E-state index < -0.39 is 8.11 Å². The minimum absolute atomic E-state index is 1.34. The van der Waals surface area contributed by atoms with Gasteiger partial charge in [-0.05, 0) is 0 Å². The van der Waals surface area contributed by atoms with Gasteiger partial charge in [-0.15, -0.1) is 0 Å². The van der Waals surface area contributed by atoms with Crippen LogP contribution in [0, 0.1) is 0 Å². The summed E-state index contributed by atoms with van der Waals surface area (Å²) in [7, 11) is 1.17. The topological polar surface area (TPSA) is 36.9 Å². The normalized spacial score (nSPS) is 12.0. The highest BCUT2D eigenvalue weighted by Crippen LogP contribution is 2.11. The Bertz CT molecular complexity index is 76.2. The van der Waals surface area contributed by atoms with E-state index in [0.717, 1.165) is 0 Å². The molecule has 0 unspecified atom stereocenters. The van der Waals surface area contributed by atoms with E-state index in [2.05, 4.69) is 18.3 Å². The van der Waals surface area contributed by atoms with E-state index in [0.29, 0.717) is 0 Å². The quantitative estimate of drug-likeness (QED) is 0.268. The van der Waals surface area contributed by atoms with Crippen molar-refractivity contribution in [3.05, 3.63) is 0 Å². The number of rotatable bonds is 4. The van der Waals surface area contributed by atoms with Crippen LogP contribution in [0.25, 0.3) is 0 Å². The molecule has 0 heterocycles. The lowest BCUT2D eigenvalue weighted by molar-refractivity contribution is -0.217. The first-order valence-corrected chi connectivity index (χ1v) is 4.93. The SMILES string of the molecule is COO[Si](Cl)(OC)OC. The molecule has 0 aliphatic heterocycles. The van der Waals surface area contributed by atoms with E-state index >= 15 is 0 Å². The molecule has 0 spiro atoms. The molecule has 0 atom stereocenters. The summed E-state index contributed by atoms with van der Waals surface area (Å²) in [6, 6.07) is 0. The predicted molar refractivity (Wildman–Crippen MR) is 33.7 cm³/mol. The van der Waals surface area contributed by atoms with Crippen LogP contribution in [-0.2, 0) is 18.3 Å². The molecule has 0 amide bonds. The fourth-order valence-corrected chi connectivity index (χ4v) is 0.942. The first-order chi connectivity index (χ1) is 4.18. The van der Waals surface area contributed by atoms with Crippen molar-refractivity contribution in [3.63, 3.8) is 0 Å². The molecule has 0 rings (SSSR count). The summed E-state index contributed by atoms with van der Waals surface area (Å²) in [6.45, 7) is 0. The Kier molecular flexibility index (Phi) is 4.37. The average Bonchev–Trinajstić information content (AvgIpc) is 1.89. The van der Waals surface area contributed by atoms with Crippen molar-refractivity contribution in [1.29, 1.82) is 0 Å². The third-order valence-electron chi connectivity index (χ3n) is 0.671. The molecule has 0 aliphatic carbocycles. The maximum atomic E-state index is 5.56. The number of halogens is 1. The Morgan fingerprint density at radius 1 is 1.11 bits per heavy atom. The fourth-order valence-electron chi connectivity index (χ4n) is 0.251. The lowest BCUT2D eigenvalue weighted by atomic mass is 11.8. The standard InChI is InChI=1S/C3H9ClO4Si/c1-5-8-9(4,6-2)7-3/h1-3H3. The van der Waals surface area contributed by atoms with Crippen LogP contribution in [0.1, 0.15) is 0 Å². The van der Waals surface area contributed by atoms with Gasteiger partial charge in [0, 0.05) is 14.2 Å². The Hall–Kier alpha value is 0.347. The number of hydrogen-bond acceptors (Lipinski definition) is 4. The molecule has 6 heteroatoms. The molecule has 0 aliphatic rings. The van der Waals surface area contributed by atoms with Gasteiger partial charge in [0.25, 0.3) is 0 Å². The molecule has 0 saturated carbocycles. The van der Waals surface area contributed by atoms with Crippen molar-refractivity contribution in [2.45, 2.75) is 0 Å². The van der Waals surface area contributed by atoms with E-state index in [-0.39, 0.29) is 0 Å². The molecule has 0 aromatic rings. The molecule has 0 aromatic heterocycles. The highest BCUT2D eigenvalue weighted by atomic mass is 35.6. The fraction of sp³-hybridized carbons (Fsp3) is 1.00. The number of hydrogen-bond donors (Lipinski definition) is 0. The largest absolute Gasteiger partial charge is 0.640 e. The zero-order valence-electron chi connectivity index (χ0n) is 5.51. The van der Waals surface area contributed by atoms with Gasteiger partial charge in [0.05, 0.1) is 7.11 Å². The first-order valence-electron chi connectivity index (χ1n) is 2.19. The molecular weight excluding hydrogens is 164 g/mol. The van der Waals surface area contributed by atoms with E-state index in [4.69, 9.17) is 11.1 Å². The maximum Gasteiger partial charge on any atom is 0.640 e. The second-order valence-corrected chi connectivity index (χ2v) is 4.47. The summed E-state index contributed by atoms with van der Waals surface area (Å²) in [4.78, 5) is 4.27. The molecule has 0 saturated heterocycles. The van der Waals surface area contributed by atoms with Crippen molar-refractivity contribution < 1.29 is 18.3 Å². The van der Waals surface area contributed by atoms with Gasteiger partial charge >= 0.3 is 8.11 Å². The zero-order valence-corrected chi connectivity index (χ0v) is 7.27. The van der Waals surface area contributed by atoms with Gasteiger partial charge in [-0.3, -0.25) is 0 Å². The van der Waals surface area contributed by atoms with Gasteiger partial charge in [0.15, 0.2) is 0 Å². The molecular formula is C3H9ClO4Si. The van der Waals surface area contributed by atoms with Crippen LogP contribution in [0.15, 0.2) is 0 Å². The van der Waals surface area contributed by atoms with Gasteiger partial charge in [-0.2, -0.15) is 0 Å². The molecule has 0 N–H and O–H groups in total. The maximum absolute atomic E-state index is 5.56. The third kappa shape index (κ3) is 3.14. The van der Waals surface area contributed by atoms with Crippen LogP contribution >= 0.6 is 11.1 Å². The van der Waals surface area contributed by atoms with Gasteiger partial charge < -0.3 is 8.85 Å². The van der Waals surface area contributed by atoms with Crippen molar-refractivity contribution in [2.75, 3.05) is 21.3 Å². The van der Waals surface area contributed by atoms with Crippen LogP contribution in [0.4, 0.5) is 0 Å². The van der Waals surface area contributed by atoms with E-state index in [1.165, 1.54) is 21.3 Å². The van der Waals surface area contributed by atoms with Crippen molar-refractivity contribution >= 4 is 19.2 Å². The first kappa shape index (κ1) is 9.35. The lowest BCUT2D eigenvalue weighted by Crippen LogP contribution is -2.37. The average molecular weight is 173 g/mol. The van der Waals surface area contributed by atoms with Crippen molar-refractivity contribution in [2.24, 2.45) is 0 Å². The summed E-state index contributed by atoms with van der Waals surface area (Å²) in [5, 5.41) is 0. The van der Waals surface area contributed by atoms with E-state index in [9.17, 15) is 0 Å². The Morgan fingerprint density at radius 3 is 1.67 bits per heavy atom. The third-order valence-corrected chi connectivity index (χ3v) is 3.13. The van der Waals surface area contributed by atoms with E-state index in [1.54, 1.807) is 0 Å². The lowest BCUT2D eigenvalue weighted by Gasteiger charge is -2.15. The Labute approximate surface area is 59.6 Å². The van der Waals surface area contributed by atoms with Gasteiger partial charge in [-0.1, -0.05) is 11.1 Å². The minimum atomic E-state index is -2.95. The van der Waals surface area contributed by atoms with Crippen LogP contribution in [0.3, 0.4) is 0 Å². The summed E-state index contributed by atoms with van der Waals surface area (Å²) >= 11 is 5.56. The smallest absolute Gasteiger partial charge is 0.364 e. The van der Waals surface area contributed by atoms with Crippen LogP contribution in [0.2, 0.25) is 0 Å². The van der Waals surface area contributed by atoms with Crippen LogP contribution < -0.4 is 0 Å². The highest BCUT2D eigenvalue weighted by molar-refractivity contribution is 7.09. The van der Waals surface area contributed by atoms with Gasteiger partial charge in [-0.25, -0.2) is 9.46 Å². The molecule has 0 bridgehead atoms. The molecule has 0 aromatic carbocycles. The Morgan fingerprint density at radius 2 is 1.56 bits per heavy atom. The van der Waals surface area contributed by atoms with Crippen molar-refractivity contribution in [1.82, 2.24) is 0 Å². The second-order valence-electron chi connectivity index (χ2n) is 1.14. The van der Waals surface area contributed by atoms with Crippen molar-refractivity contribution in [3.8, 4) is 0 Å². The summed E-state index contributed by atoms with van der Waals surface area (Å²) in [6.07, 6.45) is 0. The van der Waals surface area contributed by atoms with Gasteiger partial charge in [0.1, 0.15) is 0 Å². The molecule has 56 valence electrons. The zero-order chi connectivity index (χ0) is 7.33. The molecule has 0 radical (unpaired) electrons. The minimum Gasteiger partial charge on any atom is -0.364 e. The summed E-state index contributed by atoms with van der Waals surface area (Å²) in [5.41, 5.74) is 0. The monoisotopic (exact) mass is 172 g/mol. The van der Waals surface area contributed by atoms with Crippen LogP contribution in [-0.4, -0.2) is 29.4 Å². The predicted octanol–water partition coefficient (Wildman–Crippen LogP) is 0.532. The molecule has 0 fully saturated rings.